The maximum Gasteiger partial charge on any atom is 0.319 e. The Bertz CT molecular complexity index is 1770. The molecule has 3 amide bonds. The molecule has 4 aromatic carbocycles. The Labute approximate surface area is 277 Å². The number of carbonyl (C=O) groups is 2. The predicted molar refractivity (Wildman–Crippen MR) is 185 cm³/mol. The van der Waals surface area contributed by atoms with Crippen molar-refractivity contribution in [2.24, 2.45) is 5.41 Å². The van der Waals surface area contributed by atoms with Gasteiger partial charge in [0.15, 0.2) is 9.84 Å². The van der Waals surface area contributed by atoms with Crippen LogP contribution in [0.25, 0.3) is 10.8 Å². The molecule has 242 valence electrons. The number of carbonyl (C=O) groups excluding carboxylic acids is 2. The molecule has 0 bridgehead atoms. The molecule has 2 aliphatic rings. The maximum atomic E-state index is 13.6. The summed E-state index contributed by atoms with van der Waals surface area (Å²) in [6.07, 6.45) is 4.44. The number of sulfone groups is 1. The number of halogens is 1. The number of amides is 3. The summed E-state index contributed by atoms with van der Waals surface area (Å²) in [5, 5.41) is 8.34. The Kier molecular flexibility index (Phi) is 10.4. The van der Waals surface area contributed by atoms with Crippen molar-refractivity contribution in [1.29, 1.82) is 0 Å². The lowest BCUT2D eigenvalue weighted by Crippen LogP contribution is -2.45. The van der Waals surface area contributed by atoms with Gasteiger partial charge in [-0.2, -0.15) is 0 Å². The molecule has 0 radical (unpaired) electrons. The summed E-state index contributed by atoms with van der Waals surface area (Å²) in [6, 6.07) is 30.4. The fourth-order valence-corrected chi connectivity index (χ4v) is 7.38. The van der Waals surface area contributed by atoms with Crippen LogP contribution in [-0.4, -0.2) is 62.6 Å². The Morgan fingerprint density at radius 1 is 0.848 bits per heavy atom. The number of nitrogens with one attached hydrogen (secondary N) is 2. The van der Waals surface area contributed by atoms with E-state index >= 15 is 0 Å². The highest BCUT2D eigenvalue weighted by molar-refractivity contribution is 7.90. The third-order valence-corrected chi connectivity index (χ3v) is 10.5. The molecule has 0 aliphatic carbocycles. The Hall–Kier alpha value is -3.92. The highest BCUT2D eigenvalue weighted by Crippen LogP contribution is 2.42. The molecule has 46 heavy (non-hydrogen) atoms. The van der Waals surface area contributed by atoms with Gasteiger partial charge in [-0.05, 0) is 73.5 Å². The highest BCUT2D eigenvalue weighted by Gasteiger charge is 2.47. The molecule has 8 nitrogen and oxygen atoms in total. The van der Waals surface area contributed by atoms with Crippen LogP contribution in [-0.2, 0) is 21.2 Å². The fraction of sp³-hybridized carbons (Fsp3) is 0.333. The van der Waals surface area contributed by atoms with Gasteiger partial charge in [-0.15, -0.1) is 12.4 Å². The van der Waals surface area contributed by atoms with Crippen LogP contribution in [0.1, 0.15) is 42.9 Å². The molecule has 2 fully saturated rings. The summed E-state index contributed by atoms with van der Waals surface area (Å²) >= 11 is 0. The van der Waals surface area contributed by atoms with Gasteiger partial charge in [-0.25, -0.2) is 13.2 Å². The predicted octanol–water partition coefficient (Wildman–Crippen LogP) is 6.43. The number of anilines is 1. The van der Waals surface area contributed by atoms with E-state index in [-0.39, 0.29) is 40.7 Å². The van der Waals surface area contributed by atoms with Crippen molar-refractivity contribution >= 4 is 50.6 Å². The number of rotatable bonds is 9. The Morgan fingerprint density at radius 2 is 1.50 bits per heavy atom. The highest BCUT2D eigenvalue weighted by atomic mass is 35.5. The van der Waals surface area contributed by atoms with Crippen molar-refractivity contribution in [2.45, 2.75) is 43.2 Å². The average Bonchev–Trinajstić information content (AvgIpc) is 3.34. The van der Waals surface area contributed by atoms with Gasteiger partial charge >= 0.3 is 6.03 Å². The zero-order valence-corrected chi connectivity index (χ0v) is 27.7. The SMILES string of the molecule is CS(=O)(=O)c1ccc(CN2CCC3(CCN(CCC(NC(=O)Nc4cccc5ccccc45)c4ccccc4)CC3)C2=O)cc1.Cl. The first-order chi connectivity index (χ1) is 21.7. The van der Waals surface area contributed by atoms with Gasteiger partial charge < -0.3 is 20.4 Å². The summed E-state index contributed by atoms with van der Waals surface area (Å²) in [5.74, 6) is 0.211. The first-order valence-electron chi connectivity index (χ1n) is 15.6. The first kappa shape index (κ1) is 33.4. The summed E-state index contributed by atoms with van der Waals surface area (Å²) in [6.45, 7) is 3.71. The minimum atomic E-state index is -3.25. The largest absolute Gasteiger partial charge is 0.338 e. The molecule has 2 N–H and O–H groups in total. The normalized spacial score (nSPS) is 17.1. The smallest absolute Gasteiger partial charge is 0.319 e. The second kappa shape index (κ2) is 14.2. The van der Waals surface area contributed by atoms with E-state index in [4.69, 9.17) is 0 Å². The minimum Gasteiger partial charge on any atom is -0.338 e. The molecule has 0 saturated carbocycles. The van der Waals surface area contributed by atoms with Crippen molar-refractivity contribution in [1.82, 2.24) is 15.1 Å². The van der Waals surface area contributed by atoms with Crippen LogP contribution in [0, 0.1) is 5.41 Å². The van der Waals surface area contributed by atoms with Crippen LogP contribution in [0.2, 0.25) is 0 Å². The topological polar surface area (TPSA) is 98.8 Å². The molecule has 1 atom stereocenters. The quantitative estimate of drug-likeness (QED) is 0.216. The molecule has 10 heteroatoms. The van der Waals surface area contributed by atoms with E-state index < -0.39 is 9.84 Å². The molecule has 2 heterocycles. The van der Waals surface area contributed by atoms with E-state index in [2.05, 4.69) is 27.7 Å². The monoisotopic (exact) mass is 660 g/mol. The molecule has 2 aliphatic heterocycles. The number of piperidine rings is 1. The third kappa shape index (κ3) is 7.54. The van der Waals surface area contributed by atoms with Gasteiger partial charge in [0.05, 0.1) is 22.0 Å². The second-order valence-corrected chi connectivity index (χ2v) is 14.4. The molecule has 1 unspecified atom stereocenters. The lowest BCUT2D eigenvalue weighted by atomic mass is 9.77. The molecular weight excluding hydrogens is 620 g/mol. The summed E-state index contributed by atoms with van der Waals surface area (Å²) in [7, 11) is -3.25. The van der Waals surface area contributed by atoms with Crippen molar-refractivity contribution in [3.63, 3.8) is 0 Å². The molecule has 1 spiro atoms. The van der Waals surface area contributed by atoms with Gasteiger partial charge in [-0.1, -0.05) is 78.9 Å². The molecule has 6 rings (SSSR count). The number of hydrogen-bond acceptors (Lipinski definition) is 5. The van der Waals surface area contributed by atoms with Crippen LogP contribution >= 0.6 is 12.4 Å². The number of likely N-dealkylation sites (tertiary alicyclic amines) is 2. The number of hydrogen-bond donors (Lipinski definition) is 2. The summed E-state index contributed by atoms with van der Waals surface area (Å²) in [5.41, 5.74) is 2.46. The Morgan fingerprint density at radius 3 is 2.22 bits per heavy atom. The zero-order chi connectivity index (χ0) is 31.4. The lowest BCUT2D eigenvalue weighted by molar-refractivity contribution is -0.138. The van der Waals surface area contributed by atoms with E-state index in [0.717, 1.165) is 79.4 Å². The Balaban J connectivity index is 0.00000417. The zero-order valence-electron chi connectivity index (χ0n) is 26.0. The van der Waals surface area contributed by atoms with E-state index in [0.29, 0.717) is 6.54 Å². The van der Waals surface area contributed by atoms with Crippen molar-refractivity contribution < 1.29 is 18.0 Å². The van der Waals surface area contributed by atoms with Crippen LogP contribution in [0.4, 0.5) is 10.5 Å². The van der Waals surface area contributed by atoms with Gasteiger partial charge in [0.2, 0.25) is 5.91 Å². The van der Waals surface area contributed by atoms with Gasteiger partial charge in [0.1, 0.15) is 0 Å². The molecule has 4 aromatic rings. The average molecular weight is 661 g/mol. The van der Waals surface area contributed by atoms with Gasteiger partial charge in [0.25, 0.3) is 0 Å². The van der Waals surface area contributed by atoms with Gasteiger partial charge in [0, 0.05) is 31.3 Å². The van der Waals surface area contributed by atoms with Gasteiger partial charge in [-0.3, -0.25) is 4.79 Å². The minimum absolute atomic E-state index is 0. The summed E-state index contributed by atoms with van der Waals surface area (Å²) in [4.78, 5) is 31.4. The standard InChI is InChI=1S/C36H40N4O4S.ClH/c1-45(43,44)30-16-14-27(15-17-30)26-40-25-21-36(34(40)41)19-23-39(24-20-36)22-18-32(29-9-3-2-4-10-29)37-35(42)38-33-13-7-11-28-8-5-6-12-31(28)33;/h2-17,32H,18-26H2,1H3,(H2,37,38,42);1H. The summed E-state index contributed by atoms with van der Waals surface area (Å²) < 4.78 is 23.6. The van der Waals surface area contributed by atoms with Crippen LogP contribution in [0.5, 0.6) is 0 Å². The molecule has 2 saturated heterocycles. The van der Waals surface area contributed by atoms with Crippen LogP contribution < -0.4 is 10.6 Å². The number of urea groups is 1. The van der Waals surface area contributed by atoms with Crippen LogP contribution in [0.15, 0.2) is 102 Å². The number of fused-ring (bicyclic) bond motifs is 1. The van der Waals surface area contributed by atoms with E-state index in [1.165, 1.54) is 6.26 Å². The van der Waals surface area contributed by atoms with E-state index in [9.17, 15) is 18.0 Å². The maximum absolute atomic E-state index is 13.6. The van der Waals surface area contributed by atoms with E-state index in [1.807, 2.05) is 65.6 Å². The number of nitrogens with zero attached hydrogens (tertiary/aromatic N) is 2. The fourth-order valence-electron chi connectivity index (χ4n) is 6.74. The number of benzene rings is 4. The third-order valence-electron chi connectivity index (χ3n) is 9.42. The molecular formula is C36H41ClN4O4S. The van der Waals surface area contributed by atoms with Crippen molar-refractivity contribution in [3.05, 3.63) is 108 Å². The first-order valence-corrected chi connectivity index (χ1v) is 17.5. The second-order valence-electron chi connectivity index (χ2n) is 12.4. The van der Waals surface area contributed by atoms with Crippen molar-refractivity contribution in [2.75, 3.05) is 37.8 Å². The lowest BCUT2D eigenvalue weighted by Gasteiger charge is -2.38. The molecule has 0 aromatic heterocycles. The van der Waals surface area contributed by atoms with Crippen molar-refractivity contribution in [3.8, 4) is 0 Å². The van der Waals surface area contributed by atoms with E-state index in [1.54, 1.807) is 24.3 Å². The van der Waals surface area contributed by atoms with Crippen LogP contribution in [0.3, 0.4) is 0 Å².